The van der Waals surface area contributed by atoms with Gasteiger partial charge in [-0.05, 0) is 54.4 Å². The molecule has 0 aromatic rings. The van der Waals surface area contributed by atoms with Crippen molar-refractivity contribution in [2.24, 2.45) is 0 Å². The van der Waals surface area contributed by atoms with Gasteiger partial charge in [0.25, 0.3) is 0 Å². The number of rotatable bonds is 0. The molecule has 176 valence electrons. The zero-order valence-corrected chi connectivity index (χ0v) is 25.0. The van der Waals surface area contributed by atoms with Crippen LogP contribution in [0.15, 0.2) is 0 Å². The quantitative estimate of drug-likeness (QED) is 0.212. The summed E-state index contributed by atoms with van der Waals surface area (Å²) in [4.78, 5) is 50.2. The van der Waals surface area contributed by atoms with Gasteiger partial charge in [-0.2, -0.15) is 0 Å². The van der Waals surface area contributed by atoms with E-state index in [4.69, 9.17) is 14.7 Å². The molecule has 10 heteroatoms. The lowest BCUT2D eigenvalue weighted by molar-refractivity contribution is 0.368. The van der Waals surface area contributed by atoms with Gasteiger partial charge in [0, 0.05) is 0 Å². The summed E-state index contributed by atoms with van der Waals surface area (Å²) in [5.74, 6) is 0. The van der Waals surface area contributed by atoms with Gasteiger partial charge in [-0.15, -0.1) is 0 Å². The Morgan fingerprint density at radius 3 is 0.464 bits per heavy atom. The maximum atomic E-state index is 9.49. The molecule has 0 aliphatic rings. The molecule has 0 fully saturated rings. The highest BCUT2D eigenvalue weighted by molar-refractivity contribution is 7.38. The van der Waals surface area contributed by atoms with Crippen molar-refractivity contribution in [2.75, 3.05) is 0 Å². The lowest BCUT2D eigenvalue weighted by Gasteiger charge is -2.30. The van der Waals surface area contributed by atoms with Crippen LogP contribution in [-0.2, 0) is 0 Å². The smallest absolute Gasteiger partial charge is 0.324 e. The Bertz CT molecular complexity index is 297. The molecule has 0 aliphatic carbocycles. The van der Waals surface area contributed by atoms with E-state index in [-0.39, 0.29) is 15.1 Å². The normalized spacial score (nSPS) is 13.5. The van der Waals surface area contributed by atoms with E-state index in [2.05, 4.69) is 62.3 Å². The average molecular weight is 479 g/mol. The standard InChI is InChI=1S/3C6H16OSi.H3O3P/c3*1-6(2,3)8(4,5)7;1-4(2)3/h3*7H,1-5H3;1-3H. The average Bonchev–Trinajstić information content (AvgIpc) is 2.20. The van der Waals surface area contributed by atoms with E-state index in [0.717, 1.165) is 0 Å². The summed E-state index contributed by atoms with van der Waals surface area (Å²) >= 11 is 0. The van der Waals surface area contributed by atoms with Crippen LogP contribution in [0.3, 0.4) is 0 Å². The molecule has 0 rings (SSSR count). The minimum absolute atomic E-state index is 0.132. The predicted molar refractivity (Wildman–Crippen MR) is 132 cm³/mol. The zero-order chi connectivity index (χ0) is 24.6. The van der Waals surface area contributed by atoms with E-state index in [1.807, 2.05) is 39.3 Å². The molecule has 0 aromatic heterocycles. The van der Waals surface area contributed by atoms with Crippen molar-refractivity contribution in [1.82, 2.24) is 0 Å². The maximum Gasteiger partial charge on any atom is 0.324 e. The van der Waals surface area contributed by atoms with Crippen molar-refractivity contribution in [2.45, 2.75) is 117 Å². The predicted octanol–water partition coefficient (Wildman–Crippen LogP) is 5.14. The molecule has 0 saturated carbocycles. The summed E-state index contributed by atoms with van der Waals surface area (Å²) in [7, 11) is -8.20. The fourth-order valence-electron chi connectivity index (χ4n) is 0. The Hall–Kier alpha value is 0.841. The van der Waals surface area contributed by atoms with Crippen LogP contribution in [-0.4, -0.2) is 54.0 Å². The summed E-state index contributed by atoms with van der Waals surface area (Å²) < 4.78 is 0. The summed E-state index contributed by atoms with van der Waals surface area (Å²) in [5.41, 5.74) is 0. The minimum Gasteiger partial charge on any atom is -0.432 e. The SMILES string of the molecule is CC(C)(C)[Si](C)(C)O.CC(C)(C)[Si](C)(C)O.CC(C)(C)[Si](C)(C)O.OP(O)O. The lowest BCUT2D eigenvalue weighted by atomic mass is 10.2. The molecule has 0 heterocycles. The molecule has 0 atom stereocenters. The summed E-state index contributed by atoms with van der Waals surface area (Å²) in [5, 5.41) is 0.396. The van der Waals surface area contributed by atoms with E-state index in [1.54, 1.807) is 0 Å². The van der Waals surface area contributed by atoms with Crippen LogP contribution in [0.5, 0.6) is 0 Å². The van der Waals surface area contributed by atoms with Crippen LogP contribution < -0.4 is 0 Å². The Labute approximate surface area is 179 Å². The lowest BCUT2D eigenvalue weighted by Crippen LogP contribution is -2.36. The molecule has 0 aliphatic heterocycles. The summed E-state index contributed by atoms with van der Waals surface area (Å²) in [6.45, 7) is 30.5. The molecule has 0 aromatic carbocycles. The number of hydrogen-bond acceptors (Lipinski definition) is 6. The third kappa shape index (κ3) is 23.1. The second-order valence-electron chi connectivity index (χ2n) is 11.7. The van der Waals surface area contributed by atoms with Crippen molar-refractivity contribution in [1.29, 1.82) is 0 Å². The molecular formula is C18H51O6PSi3. The largest absolute Gasteiger partial charge is 0.432 e. The van der Waals surface area contributed by atoms with Gasteiger partial charge in [0.05, 0.1) is 0 Å². The molecule has 0 bridgehead atoms. The van der Waals surface area contributed by atoms with Crippen molar-refractivity contribution in [3.63, 3.8) is 0 Å². The minimum atomic E-state index is -2.62. The van der Waals surface area contributed by atoms with Crippen LogP contribution in [0.25, 0.3) is 0 Å². The van der Waals surface area contributed by atoms with Gasteiger partial charge in [-0.25, -0.2) is 0 Å². The van der Waals surface area contributed by atoms with Gasteiger partial charge in [-0.1, -0.05) is 62.3 Å². The molecule has 0 amide bonds. The molecule has 6 nitrogen and oxygen atoms in total. The molecule has 0 spiro atoms. The highest BCUT2D eigenvalue weighted by Gasteiger charge is 2.34. The summed E-state index contributed by atoms with van der Waals surface area (Å²) in [6.07, 6.45) is 0. The van der Waals surface area contributed by atoms with Gasteiger partial charge in [0.1, 0.15) is 0 Å². The van der Waals surface area contributed by atoms with Gasteiger partial charge in [0.15, 0.2) is 25.0 Å². The Balaban J connectivity index is -0.000000141. The maximum absolute atomic E-state index is 9.49. The van der Waals surface area contributed by atoms with Crippen molar-refractivity contribution < 1.29 is 29.1 Å². The van der Waals surface area contributed by atoms with Crippen molar-refractivity contribution >= 4 is 33.6 Å². The first-order valence-corrected chi connectivity index (χ1v) is 19.6. The third-order valence-electron chi connectivity index (χ3n) is 5.51. The van der Waals surface area contributed by atoms with Gasteiger partial charge < -0.3 is 29.1 Å². The topological polar surface area (TPSA) is 121 Å². The van der Waals surface area contributed by atoms with Gasteiger partial charge >= 0.3 is 8.60 Å². The molecular weight excluding hydrogens is 427 g/mol. The Morgan fingerprint density at radius 1 is 0.429 bits per heavy atom. The second kappa shape index (κ2) is 12.6. The fourth-order valence-corrected chi connectivity index (χ4v) is 0. The monoisotopic (exact) mass is 478 g/mol. The molecule has 6 N–H and O–H groups in total. The van der Waals surface area contributed by atoms with Crippen LogP contribution in [0.2, 0.25) is 54.4 Å². The molecule has 0 saturated heterocycles. The number of hydrogen-bond donors (Lipinski definition) is 6. The van der Waals surface area contributed by atoms with Crippen LogP contribution >= 0.6 is 8.60 Å². The second-order valence-corrected chi connectivity index (χ2v) is 26.1. The third-order valence-corrected chi connectivity index (χ3v) is 16.5. The van der Waals surface area contributed by atoms with Crippen molar-refractivity contribution in [3.05, 3.63) is 0 Å². The van der Waals surface area contributed by atoms with E-state index in [0.29, 0.717) is 0 Å². The highest BCUT2D eigenvalue weighted by Crippen LogP contribution is 2.34. The molecule has 0 radical (unpaired) electrons. The first kappa shape index (κ1) is 36.2. The zero-order valence-electron chi connectivity index (χ0n) is 21.1. The van der Waals surface area contributed by atoms with E-state index < -0.39 is 33.6 Å². The van der Waals surface area contributed by atoms with Crippen molar-refractivity contribution in [3.8, 4) is 0 Å². The fraction of sp³-hybridized carbons (Fsp3) is 1.00. The first-order valence-electron chi connectivity index (χ1n) is 9.52. The first-order chi connectivity index (χ1) is 11.5. The van der Waals surface area contributed by atoms with E-state index in [1.165, 1.54) is 0 Å². The van der Waals surface area contributed by atoms with Gasteiger partial charge in [-0.3, -0.25) is 0 Å². The van der Waals surface area contributed by atoms with Crippen LogP contribution in [0.1, 0.15) is 62.3 Å². The Kier molecular flexibility index (Phi) is 16.3. The van der Waals surface area contributed by atoms with Crippen LogP contribution in [0, 0.1) is 0 Å². The molecule has 28 heavy (non-hydrogen) atoms. The Morgan fingerprint density at radius 2 is 0.464 bits per heavy atom. The van der Waals surface area contributed by atoms with E-state index in [9.17, 15) is 14.4 Å². The van der Waals surface area contributed by atoms with E-state index >= 15 is 0 Å². The summed E-state index contributed by atoms with van der Waals surface area (Å²) in [6, 6.07) is 0. The molecule has 0 unspecified atom stereocenters. The van der Waals surface area contributed by atoms with Gasteiger partial charge in [0.2, 0.25) is 0 Å². The highest BCUT2D eigenvalue weighted by atomic mass is 31.2. The van der Waals surface area contributed by atoms with Crippen LogP contribution in [0.4, 0.5) is 0 Å².